The minimum absolute atomic E-state index is 0.275. The molecule has 86 valence electrons. The average Bonchev–Trinajstić information content (AvgIpc) is 2.26. The van der Waals surface area contributed by atoms with E-state index in [0.29, 0.717) is 12.3 Å². The van der Waals surface area contributed by atoms with Crippen molar-refractivity contribution in [2.45, 2.75) is 33.1 Å². The third-order valence-corrected chi connectivity index (χ3v) is 2.81. The molecule has 2 nitrogen and oxygen atoms in total. The molecule has 0 radical (unpaired) electrons. The Morgan fingerprint density at radius 1 is 1.31 bits per heavy atom. The highest BCUT2D eigenvalue weighted by Gasteiger charge is 2.17. The topological polar surface area (TPSA) is 26.3 Å². The summed E-state index contributed by atoms with van der Waals surface area (Å²) in [5, 5.41) is 0. The van der Waals surface area contributed by atoms with Gasteiger partial charge in [0.15, 0.2) is 5.78 Å². The van der Waals surface area contributed by atoms with E-state index in [4.69, 9.17) is 4.74 Å². The van der Waals surface area contributed by atoms with Gasteiger partial charge in [-0.3, -0.25) is 4.79 Å². The fourth-order valence-corrected chi connectivity index (χ4v) is 1.98. The number of ketones is 1. The summed E-state index contributed by atoms with van der Waals surface area (Å²) in [6.07, 6.45) is 2.67. The third kappa shape index (κ3) is 2.43. The second kappa shape index (κ2) is 4.69. The van der Waals surface area contributed by atoms with E-state index in [0.717, 1.165) is 36.3 Å². The van der Waals surface area contributed by atoms with Gasteiger partial charge in [-0.15, -0.1) is 0 Å². The summed E-state index contributed by atoms with van der Waals surface area (Å²) in [7, 11) is 0. The highest BCUT2D eigenvalue weighted by molar-refractivity contribution is 5.98. The molecule has 2 heteroatoms. The molecule has 1 aliphatic rings. The molecule has 2 rings (SSSR count). The summed E-state index contributed by atoms with van der Waals surface area (Å²) >= 11 is 0. The highest BCUT2D eigenvalue weighted by atomic mass is 16.5. The Morgan fingerprint density at radius 2 is 2.12 bits per heavy atom. The predicted molar refractivity (Wildman–Crippen MR) is 64.0 cm³/mol. The van der Waals surface area contributed by atoms with E-state index in [-0.39, 0.29) is 5.78 Å². The molecule has 0 unspecified atom stereocenters. The lowest BCUT2D eigenvalue weighted by Crippen LogP contribution is -2.11. The largest absolute Gasteiger partial charge is 0.493 e. The molecule has 0 fully saturated rings. The van der Waals surface area contributed by atoms with Crippen LogP contribution >= 0.6 is 0 Å². The lowest BCUT2D eigenvalue weighted by Gasteiger charge is -2.16. The Bertz CT molecular complexity index is 394. The summed E-state index contributed by atoms with van der Waals surface area (Å²) in [5.41, 5.74) is 2.04. The number of Topliss-reactive ketones (excluding diaryl/α,β-unsaturated/α-hetero) is 1. The van der Waals surface area contributed by atoms with Crippen molar-refractivity contribution in [1.29, 1.82) is 0 Å². The zero-order valence-corrected chi connectivity index (χ0v) is 9.95. The number of hydrogen-bond donors (Lipinski definition) is 0. The average molecular weight is 218 g/mol. The zero-order valence-electron chi connectivity index (χ0n) is 9.95. The Morgan fingerprint density at radius 3 is 2.88 bits per heavy atom. The lowest BCUT2D eigenvalue weighted by atomic mass is 9.90. The highest BCUT2D eigenvalue weighted by Crippen LogP contribution is 2.25. The number of fused-ring (bicyclic) bond motifs is 1. The summed E-state index contributed by atoms with van der Waals surface area (Å²) in [6.45, 7) is 4.98. The second-order valence-corrected chi connectivity index (χ2v) is 4.80. The van der Waals surface area contributed by atoms with Crippen LogP contribution in [-0.4, -0.2) is 12.4 Å². The molecule has 0 atom stereocenters. The van der Waals surface area contributed by atoms with Crippen molar-refractivity contribution in [3.8, 4) is 5.75 Å². The van der Waals surface area contributed by atoms with E-state index in [1.54, 1.807) is 0 Å². The van der Waals surface area contributed by atoms with Crippen molar-refractivity contribution < 1.29 is 9.53 Å². The standard InChI is InChI=1S/C14H18O2/c1-10(2)9-16-12-6-7-13-11(8-12)4-3-5-14(13)15/h6-8,10H,3-5,9H2,1-2H3. The van der Waals surface area contributed by atoms with Crippen LogP contribution in [-0.2, 0) is 6.42 Å². The predicted octanol–water partition coefficient (Wildman–Crippen LogP) is 3.24. The van der Waals surface area contributed by atoms with Crippen LogP contribution in [0, 0.1) is 5.92 Å². The Balaban J connectivity index is 2.15. The molecule has 0 saturated carbocycles. The van der Waals surface area contributed by atoms with Crippen LogP contribution in [0.5, 0.6) is 5.75 Å². The maximum Gasteiger partial charge on any atom is 0.163 e. The number of ether oxygens (including phenoxy) is 1. The van der Waals surface area contributed by atoms with E-state index in [9.17, 15) is 4.79 Å². The number of rotatable bonds is 3. The second-order valence-electron chi connectivity index (χ2n) is 4.80. The van der Waals surface area contributed by atoms with Crippen molar-refractivity contribution in [3.05, 3.63) is 29.3 Å². The van der Waals surface area contributed by atoms with Crippen LogP contribution in [0.2, 0.25) is 0 Å². The number of aryl methyl sites for hydroxylation is 1. The maximum absolute atomic E-state index is 11.6. The van der Waals surface area contributed by atoms with Crippen LogP contribution in [0.3, 0.4) is 0 Å². The number of carbonyl (C=O) groups is 1. The van der Waals surface area contributed by atoms with E-state index in [2.05, 4.69) is 13.8 Å². The van der Waals surface area contributed by atoms with Crippen molar-refractivity contribution in [3.63, 3.8) is 0 Å². The first kappa shape index (κ1) is 11.2. The zero-order chi connectivity index (χ0) is 11.5. The first-order valence-electron chi connectivity index (χ1n) is 5.96. The molecule has 16 heavy (non-hydrogen) atoms. The molecule has 1 aromatic carbocycles. The quantitative estimate of drug-likeness (QED) is 0.778. The van der Waals surface area contributed by atoms with Gasteiger partial charge in [0, 0.05) is 12.0 Å². The van der Waals surface area contributed by atoms with Crippen LogP contribution in [0.15, 0.2) is 18.2 Å². The van der Waals surface area contributed by atoms with Gasteiger partial charge in [-0.25, -0.2) is 0 Å². The maximum atomic E-state index is 11.6. The van der Waals surface area contributed by atoms with Crippen molar-refractivity contribution >= 4 is 5.78 Å². The smallest absolute Gasteiger partial charge is 0.163 e. The van der Waals surface area contributed by atoms with Gasteiger partial charge < -0.3 is 4.74 Å². The van der Waals surface area contributed by atoms with Gasteiger partial charge in [0.1, 0.15) is 5.75 Å². The van der Waals surface area contributed by atoms with Gasteiger partial charge in [0.25, 0.3) is 0 Å². The molecular formula is C14H18O2. The molecule has 0 aliphatic heterocycles. The molecule has 0 amide bonds. The summed E-state index contributed by atoms with van der Waals surface area (Å²) < 4.78 is 5.66. The van der Waals surface area contributed by atoms with Gasteiger partial charge in [0.2, 0.25) is 0 Å². The van der Waals surface area contributed by atoms with Gasteiger partial charge in [0.05, 0.1) is 6.61 Å². The third-order valence-electron chi connectivity index (χ3n) is 2.81. The lowest BCUT2D eigenvalue weighted by molar-refractivity contribution is 0.0972. The molecule has 0 spiro atoms. The van der Waals surface area contributed by atoms with E-state index >= 15 is 0 Å². The van der Waals surface area contributed by atoms with Gasteiger partial charge in [-0.2, -0.15) is 0 Å². The summed E-state index contributed by atoms with van der Waals surface area (Å²) in [6, 6.07) is 5.84. The minimum Gasteiger partial charge on any atom is -0.493 e. The molecule has 1 aliphatic carbocycles. The van der Waals surface area contributed by atoms with E-state index in [1.807, 2.05) is 18.2 Å². The van der Waals surface area contributed by atoms with Crippen LogP contribution < -0.4 is 4.74 Å². The number of carbonyl (C=O) groups excluding carboxylic acids is 1. The minimum atomic E-state index is 0.275. The Labute approximate surface area is 96.6 Å². The fourth-order valence-electron chi connectivity index (χ4n) is 1.98. The van der Waals surface area contributed by atoms with Crippen LogP contribution in [0.4, 0.5) is 0 Å². The number of benzene rings is 1. The SMILES string of the molecule is CC(C)COc1ccc2c(c1)CCCC2=O. The monoisotopic (exact) mass is 218 g/mol. The summed E-state index contributed by atoms with van der Waals surface area (Å²) in [4.78, 5) is 11.6. The van der Waals surface area contributed by atoms with Crippen LogP contribution in [0.25, 0.3) is 0 Å². The molecule has 0 aromatic heterocycles. The first-order valence-corrected chi connectivity index (χ1v) is 5.96. The normalized spacial score (nSPS) is 15.1. The van der Waals surface area contributed by atoms with E-state index in [1.165, 1.54) is 0 Å². The molecule has 1 aromatic rings. The first-order chi connectivity index (χ1) is 7.66. The fraction of sp³-hybridized carbons (Fsp3) is 0.500. The van der Waals surface area contributed by atoms with E-state index < -0.39 is 0 Å². The Kier molecular flexibility index (Phi) is 3.28. The van der Waals surface area contributed by atoms with Crippen molar-refractivity contribution in [2.24, 2.45) is 5.92 Å². The van der Waals surface area contributed by atoms with Crippen molar-refractivity contribution in [2.75, 3.05) is 6.61 Å². The van der Waals surface area contributed by atoms with Gasteiger partial charge in [-0.05, 0) is 42.5 Å². The molecule has 0 saturated heterocycles. The number of hydrogen-bond acceptors (Lipinski definition) is 2. The molecular weight excluding hydrogens is 200 g/mol. The Hall–Kier alpha value is -1.31. The van der Waals surface area contributed by atoms with Crippen molar-refractivity contribution in [1.82, 2.24) is 0 Å². The molecule has 0 N–H and O–H groups in total. The summed E-state index contributed by atoms with van der Waals surface area (Å²) in [5.74, 6) is 1.69. The molecule has 0 bridgehead atoms. The van der Waals surface area contributed by atoms with Gasteiger partial charge >= 0.3 is 0 Å². The molecule has 0 heterocycles. The van der Waals surface area contributed by atoms with Gasteiger partial charge in [-0.1, -0.05) is 13.8 Å². The van der Waals surface area contributed by atoms with Crippen LogP contribution in [0.1, 0.15) is 42.6 Å².